The van der Waals surface area contributed by atoms with Crippen LogP contribution >= 0.6 is 0 Å². The van der Waals surface area contributed by atoms with E-state index in [1.807, 2.05) is 0 Å². The molecule has 15 heavy (non-hydrogen) atoms. The normalized spacial score (nSPS) is 44.2. The molecular weight excluding hydrogens is 182 g/mol. The van der Waals surface area contributed by atoms with Crippen molar-refractivity contribution in [1.82, 2.24) is 5.32 Å². The van der Waals surface area contributed by atoms with Gasteiger partial charge in [0.05, 0.1) is 0 Å². The molecule has 1 saturated heterocycles. The zero-order valence-electron chi connectivity index (χ0n) is 10.6. The van der Waals surface area contributed by atoms with Gasteiger partial charge < -0.3 is 5.32 Å². The van der Waals surface area contributed by atoms with E-state index < -0.39 is 0 Å². The topological polar surface area (TPSA) is 12.0 Å². The fraction of sp³-hybridized carbons (Fsp3) is 1.00. The highest BCUT2D eigenvalue weighted by molar-refractivity contribution is 4.84. The predicted molar refractivity (Wildman–Crippen MR) is 65.8 cm³/mol. The van der Waals surface area contributed by atoms with Gasteiger partial charge in [-0.25, -0.2) is 0 Å². The van der Waals surface area contributed by atoms with E-state index in [1.165, 1.54) is 38.8 Å². The molecule has 1 aliphatic carbocycles. The molecule has 1 heteroatoms. The molecule has 2 fully saturated rings. The van der Waals surface area contributed by atoms with Gasteiger partial charge in [-0.2, -0.15) is 0 Å². The first-order chi connectivity index (χ1) is 7.16. The molecule has 4 atom stereocenters. The summed E-state index contributed by atoms with van der Waals surface area (Å²) in [5.74, 6) is 4.86. The van der Waals surface area contributed by atoms with Gasteiger partial charge in [0.1, 0.15) is 0 Å². The lowest BCUT2D eigenvalue weighted by atomic mass is 9.69. The van der Waals surface area contributed by atoms with E-state index in [4.69, 9.17) is 0 Å². The van der Waals surface area contributed by atoms with Crippen LogP contribution in [0.1, 0.15) is 46.5 Å². The first kappa shape index (κ1) is 11.4. The van der Waals surface area contributed by atoms with Gasteiger partial charge in [0.15, 0.2) is 0 Å². The molecule has 1 nitrogen and oxygen atoms in total. The molecule has 1 heterocycles. The fourth-order valence-electron chi connectivity index (χ4n) is 3.95. The molecule has 0 amide bonds. The Morgan fingerprint density at radius 3 is 2.20 bits per heavy atom. The van der Waals surface area contributed by atoms with Crippen LogP contribution in [0.2, 0.25) is 0 Å². The molecule has 2 rings (SSSR count). The third-order valence-corrected chi connectivity index (χ3v) is 4.80. The van der Waals surface area contributed by atoms with Crippen molar-refractivity contribution in [3.05, 3.63) is 0 Å². The molecule has 1 N–H and O–H groups in total. The summed E-state index contributed by atoms with van der Waals surface area (Å²) in [5, 5.41) is 3.51. The summed E-state index contributed by atoms with van der Waals surface area (Å²) in [6, 6.07) is 0. The van der Waals surface area contributed by atoms with Crippen molar-refractivity contribution in [2.24, 2.45) is 29.6 Å². The van der Waals surface area contributed by atoms with Gasteiger partial charge in [0, 0.05) is 0 Å². The van der Waals surface area contributed by atoms with Crippen molar-refractivity contribution in [1.29, 1.82) is 0 Å². The second-order valence-corrected chi connectivity index (χ2v) is 6.29. The first-order valence-corrected chi connectivity index (χ1v) is 6.87. The zero-order valence-corrected chi connectivity index (χ0v) is 10.6. The van der Waals surface area contributed by atoms with Crippen molar-refractivity contribution >= 4 is 0 Å². The Hall–Kier alpha value is -0.0400. The summed E-state index contributed by atoms with van der Waals surface area (Å²) in [6.07, 6.45) is 5.86. The molecule has 0 radical (unpaired) electrons. The molecule has 0 aromatic heterocycles. The van der Waals surface area contributed by atoms with Crippen LogP contribution in [-0.2, 0) is 0 Å². The van der Waals surface area contributed by atoms with Crippen LogP contribution in [0.25, 0.3) is 0 Å². The van der Waals surface area contributed by atoms with Crippen LogP contribution in [0, 0.1) is 29.6 Å². The summed E-state index contributed by atoms with van der Waals surface area (Å²) in [5.41, 5.74) is 0. The average Bonchev–Trinajstić information content (AvgIpc) is 2.67. The molecule has 1 aliphatic heterocycles. The highest BCUT2D eigenvalue weighted by atomic mass is 14.9. The van der Waals surface area contributed by atoms with Crippen molar-refractivity contribution in [2.45, 2.75) is 46.5 Å². The van der Waals surface area contributed by atoms with Crippen molar-refractivity contribution in [2.75, 3.05) is 13.1 Å². The van der Waals surface area contributed by atoms with E-state index in [0.717, 1.165) is 29.6 Å². The maximum absolute atomic E-state index is 3.51. The van der Waals surface area contributed by atoms with Crippen LogP contribution in [0.3, 0.4) is 0 Å². The fourth-order valence-corrected chi connectivity index (χ4v) is 3.95. The van der Waals surface area contributed by atoms with Gasteiger partial charge in [0.2, 0.25) is 0 Å². The number of rotatable bonds is 2. The summed E-state index contributed by atoms with van der Waals surface area (Å²) in [4.78, 5) is 0. The lowest BCUT2D eigenvalue weighted by Crippen LogP contribution is -2.29. The minimum Gasteiger partial charge on any atom is -0.316 e. The Morgan fingerprint density at radius 2 is 1.67 bits per heavy atom. The number of hydrogen-bond donors (Lipinski definition) is 1. The second kappa shape index (κ2) is 4.86. The summed E-state index contributed by atoms with van der Waals surface area (Å²) < 4.78 is 0. The number of nitrogens with one attached hydrogen (secondary N) is 1. The predicted octanol–water partition coefficient (Wildman–Crippen LogP) is 3.30. The van der Waals surface area contributed by atoms with Crippen LogP contribution < -0.4 is 5.32 Å². The average molecular weight is 209 g/mol. The molecule has 0 aromatic carbocycles. The second-order valence-electron chi connectivity index (χ2n) is 6.29. The maximum atomic E-state index is 3.51. The third-order valence-electron chi connectivity index (χ3n) is 4.80. The lowest BCUT2D eigenvalue weighted by molar-refractivity contribution is 0.136. The standard InChI is InChI=1S/C14H27N/c1-10-6-11(2)8-14(7-10)12(3)13-4-5-15-9-13/h10-15H,4-9H2,1-3H3. The Bertz CT molecular complexity index is 186. The molecule has 0 bridgehead atoms. The Balaban J connectivity index is 1.90. The van der Waals surface area contributed by atoms with E-state index in [-0.39, 0.29) is 0 Å². The summed E-state index contributed by atoms with van der Waals surface area (Å²) in [7, 11) is 0. The van der Waals surface area contributed by atoms with Crippen LogP contribution in [0.5, 0.6) is 0 Å². The van der Waals surface area contributed by atoms with E-state index in [9.17, 15) is 0 Å². The molecule has 88 valence electrons. The van der Waals surface area contributed by atoms with Crippen LogP contribution in [0.15, 0.2) is 0 Å². The van der Waals surface area contributed by atoms with Gasteiger partial charge in [-0.1, -0.05) is 20.8 Å². The summed E-state index contributed by atoms with van der Waals surface area (Å²) in [6.45, 7) is 9.94. The minimum atomic E-state index is 0.949. The Morgan fingerprint density at radius 1 is 1.00 bits per heavy atom. The highest BCUT2D eigenvalue weighted by Gasteiger charge is 2.32. The quantitative estimate of drug-likeness (QED) is 0.736. The Labute approximate surface area is 95.0 Å². The zero-order chi connectivity index (χ0) is 10.8. The summed E-state index contributed by atoms with van der Waals surface area (Å²) >= 11 is 0. The molecule has 0 spiro atoms. The van der Waals surface area contributed by atoms with Crippen molar-refractivity contribution in [3.63, 3.8) is 0 Å². The minimum absolute atomic E-state index is 0.949. The lowest BCUT2D eigenvalue weighted by Gasteiger charge is -2.37. The van der Waals surface area contributed by atoms with Gasteiger partial charge in [0.25, 0.3) is 0 Å². The van der Waals surface area contributed by atoms with E-state index in [1.54, 1.807) is 0 Å². The van der Waals surface area contributed by atoms with Crippen LogP contribution in [0.4, 0.5) is 0 Å². The monoisotopic (exact) mass is 209 g/mol. The van der Waals surface area contributed by atoms with Gasteiger partial charge >= 0.3 is 0 Å². The van der Waals surface area contributed by atoms with Crippen molar-refractivity contribution in [3.8, 4) is 0 Å². The van der Waals surface area contributed by atoms with Gasteiger partial charge in [-0.15, -0.1) is 0 Å². The smallest absolute Gasteiger partial charge is 0.00174 e. The van der Waals surface area contributed by atoms with Gasteiger partial charge in [-0.05, 0) is 68.4 Å². The third kappa shape index (κ3) is 2.75. The van der Waals surface area contributed by atoms with Gasteiger partial charge in [-0.3, -0.25) is 0 Å². The largest absolute Gasteiger partial charge is 0.316 e. The van der Waals surface area contributed by atoms with Crippen LogP contribution in [-0.4, -0.2) is 13.1 Å². The SMILES string of the molecule is CC1CC(C)CC(C(C)C2CCNC2)C1. The highest BCUT2D eigenvalue weighted by Crippen LogP contribution is 2.40. The molecular formula is C14H27N. The first-order valence-electron chi connectivity index (χ1n) is 6.87. The van der Waals surface area contributed by atoms with Crippen molar-refractivity contribution < 1.29 is 0 Å². The molecule has 2 aliphatic rings. The molecule has 1 saturated carbocycles. The molecule has 0 aromatic rings. The molecule has 4 unspecified atom stereocenters. The van der Waals surface area contributed by atoms with E-state index in [0.29, 0.717) is 0 Å². The van der Waals surface area contributed by atoms with E-state index in [2.05, 4.69) is 26.1 Å². The number of hydrogen-bond acceptors (Lipinski definition) is 1. The van der Waals surface area contributed by atoms with E-state index >= 15 is 0 Å². The maximum Gasteiger partial charge on any atom is -0.00174 e. The Kier molecular flexibility index (Phi) is 3.71.